The molecule has 0 fully saturated rings. The van der Waals surface area contributed by atoms with Gasteiger partial charge in [0.15, 0.2) is 0 Å². The van der Waals surface area contributed by atoms with Crippen molar-refractivity contribution in [3.63, 3.8) is 0 Å². The number of benzene rings is 2. The molecular weight excluding hydrogens is 326 g/mol. The fraction of sp³-hybridized carbons (Fsp3) is 0.455. The minimum absolute atomic E-state index is 0.151. The Balaban J connectivity index is 2.23. The van der Waals surface area contributed by atoms with Gasteiger partial charge in [-0.2, -0.15) is 0 Å². The summed E-state index contributed by atoms with van der Waals surface area (Å²) in [4.78, 5) is 0. The van der Waals surface area contributed by atoms with Crippen LogP contribution in [0.15, 0.2) is 60.7 Å². The van der Waals surface area contributed by atoms with Crippen molar-refractivity contribution in [3.05, 3.63) is 60.7 Å². The van der Waals surface area contributed by atoms with E-state index in [4.69, 9.17) is 0 Å². The molecule has 0 saturated heterocycles. The standard InChI is InChI=1S/C22H32P2/c1-21(2,3)23(19-13-9-7-10-14-19)17-18-24(22(4,5)6)20-15-11-8-12-16-20/h7-16H,17-18H2,1-6H3. The van der Waals surface area contributed by atoms with Crippen LogP contribution < -0.4 is 10.6 Å². The summed E-state index contributed by atoms with van der Waals surface area (Å²) in [6.07, 6.45) is 2.64. The summed E-state index contributed by atoms with van der Waals surface area (Å²) in [6, 6.07) is 22.4. The van der Waals surface area contributed by atoms with Crippen molar-refractivity contribution in [1.82, 2.24) is 0 Å². The second-order valence-corrected chi connectivity index (χ2v) is 14.6. The predicted octanol–water partition coefficient (Wildman–Crippen LogP) is 6.20. The van der Waals surface area contributed by atoms with Crippen LogP contribution in [0.25, 0.3) is 0 Å². The van der Waals surface area contributed by atoms with Crippen molar-refractivity contribution in [2.24, 2.45) is 0 Å². The quantitative estimate of drug-likeness (QED) is 0.558. The lowest BCUT2D eigenvalue weighted by Crippen LogP contribution is -2.26. The Labute approximate surface area is 151 Å². The molecule has 0 aliphatic heterocycles. The molecule has 0 spiro atoms. The Kier molecular flexibility index (Phi) is 6.64. The SMILES string of the molecule is CC(C)(C)P(CCP(c1ccccc1)C(C)(C)C)c1ccccc1. The zero-order chi connectivity index (χ0) is 17.8. The van der Waals surface area contributed by atoms with Gasteiger partial charge in [0, 0.05) is 0 Å². The first-order chi connectivity index (χ1) is 11.2. The van der Waals surface area contributed by atoms with Crippen LogP contribution in [0.4, 0.5) is 0 Å². The summed E-state index contributed by atoms with van der Waals surface area (Å²) < 4.78 is 0. The first kappa shape index (κ1) is 19.6. The highest BCUT2D eigenvalue weighted by molar-refractivity contribution is 7.70. The van der Waals surface area contributed by atoms with Crippen molar-refractivity contribution in [2.75, 3.05) is 12.3 Å². The van der Waals surface area contributed by atoms with E-state index in [0.29, 0.717) is 10.3 Å². The highest BCUT2D eigenvalue weighted by Crippen LogP contribution is 2.54. The van der Waals surface area contributed by atoms with Gasteiger partial charge in [0.2, 0.25) is 0 Å². The molecule has 2 heteroatoms. The molecule has 2 atom stereocenters. The van der Waals surface area contributed by atoms with Gasteiger partial charge in [-0.15, -0.1) is 0 Å². The van der Waals surface area contributed by atoms with Gasteiger partial charge in [0.05, 0.1) is 0 Å². The minimum Gasteiger partial charge on any atom is -0.0694 e. The molecule has 0 N–H and O–H groups in total. The van der Waals surface area contributed by atoms with E-state index in [1.807, 2.05) is 0 Å². The molecule has 0 aliphatic rings. The van der Waals surface area contributed by atoms with E-state index in [1.54, 1.807) is 10.6 Å². The Bertz CT molecular complexity index is 548. The van der Waals surface area contributed by atoms with Crippen LogP contribution in [0.3, 0.4) is 0 Å². The molecular formula is C22H32P2. The average Bonchev–Trinajstić information content (AvgIpc) is 2.51. The Morgan fingerprint density at radius 2 is 0.833 bits per heavy atom. The maximum atomic E-state index is 2.41. The highest BCUT2D eigenvalue weighted by atomic mass is 31.1. The van der Waals surface area contributed by atoms with Gasteiger partial charge in [0.25, 0.3) is 0 Å². The molecule has 0 aliphatic carbocycles. The Morgan fingerprint density at radius 3 is 1.08 bits per heavy atom. The number of rotatable bonds is 5. The lowest BCUT2D eigenvalue weighted by atomic mass is 10.3. The zero-order valence-electron chi connectivity index (χ0n) is 16.1. The molecule has 0 bridgehead atoms. The fourth-order valence-corrected chi connectivity index (χ4v) is 9.19. The molecule has 0 aromatic heterocycles. The smallest absolute Gasteiger partial charge is 0.0139 e. The first-order valence-electron chi connectivity index (χ1n) is 8.85. The monoisotopic (exact) mass is 358 g/mol. The molecule has 2 rings (SSSR count). The Hall–Kier alpha value is -0.700. The molecule has 0 amide bonds. The predicted molar refractivity (Wildman–Crippen MR) is 115 cm³/mol. The Morgan fingerprint density at radius 1 is 0.542 bits per heavy atom. The summed E-state index contributed by atoms with van der Waals surface area (Å²) >= 11 is 0. The highest BCUT2D eigenvalue weighted by Gasteiger charge is 2.30. The second-order valence-electron chi connectivity index (χ2n) is 8.32. The molecule has 0 radical (unpaired) electrons. The topological polar surface area (TPSA) is 0 Å². The molecule has 2 aromatic carbocycles. The van der Waals surface area contributed by atoms with Crippen LogP contribution in [0, 0.1) is 0 Å². The maximum absolute atomic E-state index is 2.41. The summed E-state index contributed by atoms with van der Waals surface area (Å²) in [5, 5.41) is 3.81. The van der Waals surface area contributed by atoms with E-state index in [9.17, 15) is 0 Å². The average molecular weight is 358 g/mol. The molecule has 2 unspecified atom stereocenters. The van der Waals surface area contributed by atoms with Gasteiger partial charge in [-0.05, 0) is 33.2 Å². The zero-order valence-corrected chi connectivity index (χ0v) is 17.9. The number of hydrogen-bond acceptors (Lipinski definition) is 0. The van der Waals surface area contributed by atoms with Crippen LogP contribution in [0.2, 0.25) is 0 Å². The summed E-state index contributed by atoms with van der Waals surface area (Å²) in [5.41, 5.74) is 0. The maximum Gasteiger partial charge on any atom is -0.0139 e. The third-order valence-corrected chi connectivity index (χ3v) is 11.1. The van der Waals surface area contributed by atoms with Gasteiger partial charge in [-0.1, -0.05) is 118 Å². The van der Waals surface area contributed by atoms with Crippen molar-refractivity contribution in [2.45, 2.75) is 51.9 Å². The molecule has 130 valence electrons. The number of hydrogen-bond donors (Lipinski definition) is 0. The molecule has 0 saturated carbocycles. The first-order valence-corrected chi connectivity index (χ1v) is 11.9. The van der Waals surface area contributed by atoms with Crippen LogP contribution in [-0.2, 0) is 0 Å². The van der Waals surface area contributed by atoms with Crippen molar-refractivity contribution in [1.29, 1.82) is 0 Å². The summed E-state index contributed by atoms with van der Waals surface area (Å²) in [7, 11) is -0.301. The molecule has 0 heterocycles. The van der Waals surface area contributed by atoms with E-state index >= 15 is 0 Å². The van der Waals surface area contributed by atoms with Crippen molar-refractivity contribution < 1.29 is 0 Å². The third kappa shape index (κ3) is 5.40. The van der Waals surface area contributed by atoms with E-state index < -0.39 is 0 Å². The van der Waals surface area contributed by atoms with Crippen LogP contribution in [0.5, 0.6) is 0 Å². The normalized spacial score (nSPS) is 15.1. The summed E-state index contributed by atoms with van der Waals surface area (Å²) in [6.45, 7) is 14.5. The van der Waals surface area contributed by atoms with E-state index in [2.05, 4.69) is 102 Å². The largest absolute Gasteiger partial charge is 0.0694 e. The van der Waals surface area contributed by atoms with E-state index in [-0.39, 0.29) is 15.8 Å². The lowest BCUT2D eigenvalue weighted by molar-refractivity contribution is 0.780. The van der Waals surface area contributed by atoms with Crippen LogP contribution >= 0.6 is 15.8 Å². The molecule has 0 nitrogen and oxygen atoms in total. The van der Waals surface area contributed by atoms with Gasteiger partial charge in [-0.3, -0.25) is 0 Å². The van der Waals surface area contributed by atoms with E-state index in [0.717, 1.165) is 0 Å². The third-order valence-electron chi connectivity index (χ3n) is 4.30. The fourth-order valence-electron chi connectivity index (χ4n) is 3.12. The van der Waals surface area contributed by atoms with Gasteiger partial charge >= 0.3 is 0 Å². The molecule has 24 heavy (non-hydrogen) atoms. The summed E-state index contributed by atoms with van der Waals surface area (Å²) in [5.74, 6) is 0. The van der Waals surface area contributed by atoms with Crippen LogP contribution in [-0.4, -0.2) is 22.6 Å². The van der Waals surface area contributed by atoms with E-state index in [1.165, 1.54) is 12.3 Å². The van der Waals surface area contributed by atoms with Crippen molar-refractivity contribution >= 4 is 26.5 Å². The second kappa shape index (κ2) is 8.12. The van der Waals surface area contributed by atoms with Gasteiger partial charge in [0.1, 0.15) is 0 Å². The van der Waals surface area contributed by atoms with Crippen LogP contribution in [0.1, 0.15) is 41.5 Å². The minimum atomic E-state index is -0.151. The van der Waals surface area contributed by atoms with Crippen molar-refractivity contribution in [3.8, 4) is 0 Å². The molecule has 2 aromatic rings. The lowest BCUT2D eigenvalue weighted by Gasteiger charge is -2.37. The van der Waals surface area contributed by atoms with Gasteiger partial charge in [-0.25, -0.2) is 0 Å². The van der Waals surface area contributed by atoms with Gasteiger partial charge < -0.3 is 0 Å².